The molecule has 0 bridgehead atoms. The van der Waals surface area contributed by atoms with Gasteiger partial charge in [-0.25, -0.2) is 4.79 Å². The molecule has 0 unspecified atom stereocenters. The molecule has 2 aromatic heterocycles. The number of hydrogen-bond acceptors (Lipinski definition) is 5. The summed E-state index contributed by atoms with van der Waals surface area (Å²) < 4.78 is 1.60. The molecule has 2 N–H and O–H groups in total. The summed E-state index contributed by atoms with van der Waals surface area (Å²) in [5.74, 6) is -1.34. The molecule has 0 atom stereocenters. The molecular formula is C13H13N5O3. The Hall–Kier alpha value is -3.03. The van der Waals surface area contributed by atoms with Crippen molar-refractivity contribution in [3.63, 3.8) is 0 Å². The van der Waals surface area contributed by atoms with Crippen LogP contribution in [-0.4, -0.2) is 43.5 Å². The van der Waals surface area contributed by atoms with Gasteiger partial charge >= 0.3 is 5.97 Å². The first-order valence-corrected chi connectivity index (χ1v) is 6.14. The van der Waals surface area contributed by atoms with Crippen molar-refractivity contribution in [1.82, 2.24) is 25.3 Å². The van der Waals surface area contributed by atoms with E-state index in [1.807, 2.05) is 0 Å². The van der Waals surface area contributed by atoms with E-state index in [0.29, 0.717) is 18.7 Å². The van der Waals surface area contributed by atoms with Crippen molar-refractivity contribution in [3.05, 3.63) is 48.1 Å². The van der Waals surface area contributed by atoms with E-state index in [-0.39, 0.29) is 11.6 Å². The summed E-state index contributed by atoms with van der Waals surface area (Å²) in [6, 6.07) is 3.16. The Labute approximate surface area is 120 Å². The van der Waals surface area contributed by atoms with Crippen molar-refractivity contribution >= 4 is 18.0 Å². The van der Waals surface area contributed by atoms with Crippen molar-refractivity contribution in [1.29, 1.82) is 0 Å². The Morgan fingerprint density at radius 3 is 2.86 bits per heavy atom. The highest BCUT2D eigenvalue weighted by Crippen LogP contribution is 2.02. The summed E-state index contributed by atoms with van der Waals surface area (Å²) in [7, 11) is 0. The molecule has 0 aliphatic carbocycles. The number of aromatic nitrogens is 4. The van der Waals surface area contributed by atoms with Gasteiger partial charge < -0.3 is 10.4 Å². The van der Waals surface area contributed by atoms with Gasteiger partial charge in [-0.15, -0.1) is 5.10 Å². The fourth-order valence-corrected chi connectivity index (χ4v) is 1.53. The molecule has 2 rings (SSSR count). The Morgan fingerprint density at radius 2 is 2.24 bits per heavy atom. The number of carbonyl (C=O) groups is 2. The highest BCUT2D eigenvalue weighted by molar-refractivity contribution is 5.92. The predicted octanol–water partition coefficient (Wildman–Crippen LogP) is 0.201. The zero-order valence-electron chi connectivity index (χ0n) is 11.0. The number of pyridine rings is 1. The van der Waals surface area contributed by atoms with Crippen molar-refractivity contribution in [2.75, 3.05) is 6.54 Å². The molecule has 2 heterocycles. The second-order valence-electron chi connectivity index (χ2n) is 4.07. The number of rotatable bonds is 6. The smallest absolute Gasteiger partial charge is 0.328 e. The molecule has 0 saturated heterocycles. The van der Waals surface area contributed by atoms with Gasteiger partial charge in [-0.05, 0) is 17.7 Å². The normalized spacial score (nSPS) is 10.7. The number of carboxylic acid groups (broad SMARTS) is 1. The van der Waals surface area contributed by atoms with Crippen LogP contribution < -0.4 is 5.32 Å². The average Bonchev–Trinajstić information content (AvgIpc) is 2.99. The number of carbonyl (C=O) groups excluding carboxylic acids is 1. The van der Waals surface area contributed by atoms with Crippen LogP contribution in [0.25, 0.3) is 6.08 Å². The monoisotopic (exact) mass is 287 g/mol. The lowest BCUT2D eigenvalue weighted by molar-refractivity contribution is -0.131. The second kappa shape index (κ2) is 6.94. The summed E-state index contributed by atoms with van der Waals surface area (Å²) in [6.45, 7) is 0.926. The maximum absolute atomic E-state index is 11.8. The highest BCUT2D eigenvalue weighted by Gasteiger charge is 2.06. The summed E-state index contributed by atoms with van der Waals surface area (Å²) in [5, 5.41) is 18.6. The molecule has 8 nitrogen and oxygen atoms in total. The van der Waals surface area contributed by atoms with Crippen molar-refractivity contribution < 1.29 is 14.7 Å². The molecular weight excluding hydrogens is 274 g/mol. The standard InChI is InChI=1S/C13H13N5O3/c19-12(20)4-2-10-1-3-11(15-9-10)13(21)14-5-7-18-8-6-16-17-18/h1-4,6,8-9H,5,7H2,(H,14,21)(H,19,20)/b4-2+. The number of nitrogens with one attached hydrogen (secondary N) is 1. The van der Waals surface area contributed by atoms with Crippen molar-refractivity contribution in [2.24, 2.45) is 0 Å². The molecule has 0 saturated carbocycles. The first-order valence-electron chi connectivity index (χ1n) is 6.14. The van der Waals surface area contributed by atoms with Crippen LogP contribution in [-0.2, 0) is 11.3 Å². The van der Waals surface area contributed by atoms with E-state index in [4.69, 9.17) is 5.11 Å². The number of amides is 1. The van der Waals surface area contributed by atoms with Crippen LogP contribution in [0.3, 0.4) is 0 Å². The summed E-state index contributed by atoms with van der Waals surface area (Å²) in [5.41, 5.74) is 0.873. The van der Waals surface area contributed by atoms with Gasteiger partial charge in [0.25, 0.3) is 5.91 Å². The van der Waals surface area contributed by atoms with Crippen molar-refractivity contribution in [2.45, 2.75) is 6.54 Å². The van der Waals surface area contributed by atoms with E-state index >= 15 is 0 Å². The van der Waals surface area contributed by atoms with Gasteiger partial charge in [0.05, 0.1) is 12.7 Å². The average molecular weight is 287 g/mol. The third-order valence-corrected chi connectivity index (χ3v) is 2.54. The first-order chi connectivity index (χ1) is 10.1. The summed E-state index contributed by atoms with van der Waals surface area (Å²) >= 11 is 0. The van der Waals surface area contributed by atoms with Crippen molar-refractivity contribution in [3.8, 4) is 0 Å². The SMILES string of the molecule is O=C(O)/C=C/c1ccc(C(=O)NCCn2ccnn2)nc1. The van der Waals surface area contributed by atoms with E-state index < -0.39 is 5.97 Å². The van der Waals surface area contributed by atoms with Gasteiger partial charge in [0.15, 0.2) is 0 Å². The molecule has 2 aromatic rings. The van der Waals surface area contributed by atoms with Crippen LogP contribution in [0.1, 0.15) is 16.1 Å². The van der Waals surface area contributed by atoms with Crippen LogP contribution in [0.5, 0.6) is 0 Å². The third-order valence-electron chi connectivity index (χ3n) is 2.54. The Bertz CT molecular complexity index is 634. The van der Waals surface area contributed by atoms with Crippen LogP contribution >= 0.6 is 0 Å². The maximum atomic E-state index is 11.8. The van der Waals surface area contributed by atoms with E-state index in [1.54, 1.807) is 23.1 Å². The van der Waals surface area contributed by atoms with Gasteiger partial charge in [0, 0.05) is 25.0 Å². The topological polar surface area (TPSA) is 110 Å². The zero-order chi connectivity index (χ0) is 15.1. The Morgan fingerprint density at radius 1 is 1.38 bits per heavy atom. The lowest BCUT2D eigenvalue weighted by atomic mass is 10.2. The van der Waals surface area contributed by atoms with Gasteiger partial charge in [0.2, 0.25) is 0 Å². The molecule has 21 heavy (non-hydrogen) atoms. The van der Waals surface area contributed by atoms with E-state index in [1.165, 1.54) is 18.3 Å². The third kappa shape index (κ3) is 4.53. The zero-order valence-corrected chi connectivity index (χ0v) is 11.0. The summed E-state index contributed by atoms with van der Waals surface area (Å²) in [6.07, 6.45) is 7.11. The minimum absolute atomic E-state index is 0.265. The van der Waals surface area contributed by atoms with Gasteiger partial charge in [-0.1, -0.05) is 11.3 Å². The quantitative estimate of drug-likeness (QED) is 0.734. The molecule has 1 amide bonds. The van der Waals surface area contributed by atoms with E-state index in [2.05, 4.69) is 20.6 Å². The van der Waals surface area contributed by atoms with E-state index in [0.717, 1.165) is 6.08 Å². The molecule has 0 aromatic carbocycles. The number of hydrogen-bond donors (Lipinski definition) is 2. The first kappa shape index (κ1) is 14.4. The molecule has 108 valence electrons. The Kier molecular flexibility index (Phi) is 4.75. The van der Waals surface area contributed by atoms with E-state index in [9.17, 15) is 9.59 Å². The molecule has 0 fully saturated rings. The van der Waals surface area contributed by atoms with Crippen LogP contribution in [0.15, 0.2) is 36.8 Å². The molecule has 8 heteroatoms. The Balaban J connectivity index is 1.86. The minimum Gasteiger partial charge on any atom is -0.478 e. The van der Waals surface area contributed by atoms with Gasteiger partial charge in [0.1, 0.15) is 5.69 Å². The minimum atomic E-state index is -1.04. The fourth-order valence-electron chi connectivity index (χ4n) is 1.53. The lowest BCUT2D eigenvalue weighted by Gasteiger charge is -2.04. The second-order valence-corrected chi connectivity index (χ2v) is 4.07. The lowest BCUT2D eigenvalue weighted by Crippen LogP contribution is -2.28. The van der Waals surface area contributed by atoms with Crippen LogP contribution in [0.2, 0.25) is 0 Å². The molecule has 0 aliphatic heterocycles. The summed E-state index contributed by atoms with van der Waals surface area (Å²) in [4.78, 5) is 26.2. The van der Waals surface area contributed by atoms with Gasteiger partial charge in [-0.3, -0.25) is 14.5 Å². The predicted molar refractivity (Wildman–Crippen MR) is 73.3 cm³/mol. The van der Waals surface area contributed by atoms with Crippen LogP contribution in [0, 0.1) is 0 Å². The maximum Gasteiger partial charge on any atom is 0.328 e. The number of carboxylic acids is 1. The van der Waals surface area contributed by atoms with Gasteiger partial charge in [-0.2, -0.15) is 0 Å². The largest absolute Gasteiger partial charge is 0.478 e. The fraction of sp³-hybridized carbons (Fsp3) is 0.154. The molecule has 0 spiro atoms. The van der Waals surface area contributed by atoms with Crippen LogP contribution in [0.4, 0.5) is 0 Å². The highest BCUT2D eigenvalue weighted by atomic mass is 16.4. The molecule has 0 aliphatic rings. The number of nitrogens with zero attached hydrogens (tertiary/aromatic N) is 4. The number of aliphatic carboxylic acids is 1. The molecule has 0 radical (unpaired) electrons.